The molecule has 1 fully saturated rings. The molecule has 4 heteroatoms. The Kier molecular flexibility index (Phi) is 4.32. The number of likely N-dealkylation sites (tertiary alicyclic amines) is 1. The lowest BCUT2D eigenvalue weighted by Gasteiger charge is -2.35. The van der Waals surface area contributed by atoms with Crippen LogP contribution in [0.3, 0.4) is 0 Å². The molecule has 90 valence electrons. The number of aromatic nitrogens is 1. The molecule has 2 N–H and O–H groups in total. The molecule has 1 aliphatic rings. The largest absolute Gasteiger partial charge is 0.330 e. The van der Waals surface area contributed by atoms with Crippen molar-refractivity contribution in [2.24, 2.45) is 5.73 Å². The van der Waals surface area contributed by atoms with E-state index in [4.69, 9.17) is 5.73 Å². The van der Waals surface area contributed by atoms with Gasteiger partial charge in [0.25, 0.3) is 0 Å². The normalized spacial score (nSPS) is 22.5. The van der Waals surface area contributed by atoms with E-state index in [0.717, 1.165) is 19.5 Å². The second-order valence-corrected chi connectivity index (χ2v) is 5.86. The average molecular weight is 239 g/mol. The van der Waals surface area contributed by atoms with Crippen molar-refractivity contribution < 1.29 is 0 Å². The van der Waals surface area contributed by atoms with E-state index >= 15 is 0 Å². The highest BCUT2D eigenvalue weighted by Crippen LogP contribution is 2.23. The third-order valence-corrected chi connectivity index (χ3v) is 4.17. The first-order chi connectivity index (χ1) is 7.79. The van der Waals surface area contributed by atoms with Crippen LogP contribution in [0.15, 0.2) is 6.20 Å². The predicted octanol–water partition coefficient (Wildman–Crippen LogP) is 2.15. The van der Waals surface area contributed by atoms with E-state index in [9.17, 15) is 0 Å². The van der Waals surface area contributed by atoms with Gasteiger partial charge in [0.1, 0.15) is 0 Å². The molecule has 0 saturated carbocycles. The van der Waals surface area contributed by atoms with Crippen molar-refractivity contribution in [3.05, 3.63) is 16.1 Å². The van der Waals surface area contributed by atoms with Gasteiger partial charge in [0, 0.05) is 23.7 Å². The standard InChI is InChI=1S/C12H21N3S/c1-10-14-8-12(16-10)9-15-7-3-2-4-11(15)5-6-13/h8,11H,2-7,9,13H2,1H3. The molecule has 0 aliphatic carbocycles. The summed E-state index contributed by atoms with van der Waals surface area (Å²) >= 11 is 1.82. The fraction of sp³-hybridized carbons (Fsp3) is 0.750. The molecule has 1 aromatic rings. The lowest BCUT2D eigenvalue weighted by atomic mass is 9.99. The van der Waals surface area contributed by atoms with Crippen LogP contribution in [0.2, 0.25) is 0 Å². The predicted molar refractivity (Wildman–Crippen MR) is 68.6 cm³/mol. The molecule has 1 aromatic heterocycles. The zero-order chi connectivity index (χ0) is 11.4. The summed E-state index contributed by atoms with van der Waals surface area (Å²) in [4.78, 5) is 8.30. The third kappa shape index (κ3) is 3.03. The highest BCUT2D eigenvalue weighted by molar-refractivity contribution is 7.11. The maximum absolute atomic E-state index is 5.68. The first kappa shape index (κ1) is 12.0. The number of piperidine rings is 1. The molecule has 3 nitrogen and oxygen atoms in total. The quantitative estimate of drug-likeness (QED) is 0.875. The van der Waals surface area contributed by atoms with E-state index in [1.165, 1.54) is 35.7 Å². The first-order valence-electron chi connectivity index (χ1n) is 6.15. The number of nitrogens with two attached hydrogens (primary N) is 1. The molecule has 0 aromatic carbocycles. The molecule has 0 amide bonds. The van der Waals surface area contributed by atoms with Crippen LogP contribution in [0.1, 0.15) is 35.6 Å². The highest BCUT2D eigenvalue weighted by atomic mass is 32.1. The van der Waals surface area contributed by atoms with Crippen LogP contribution in [0, 0.1) is 6.92 Å². The summed E-state index contributed by atoms with van der Waals surface area (Å²) < 4.78 is 0. The van der Waals surface area contributed by atoms with Crippen LogP contribution < -0.4 is 5.73 Å². The second-order valence-electron chi connectivity index (χ2n) is 4.54. The highest BCUT2D eigenvalue weighted by Gasteiger charge is 2.21. The summed E-state index contributed by atoms with van der Waals surface area (Å²) in [5.74, 6) is 0. The molecule has 1 aliphatic heterocycles. The number of aryl methyl sites for hydroxylation is 1. The maximum Gasteiger partial charge on any atom is 0.0897 e. The third-order valence-electron chi connectivity index (χ3n) is 3.28. The van der Waals surface area contributed by atoms with Gasteiger partial charge < -0.3 is 5.73 Å². The van der Waals surface area contributed by atoms with E-state index < -0.39 is 0 Å². The Labute approximate surface area is 102 Å². The van der Waals surface area contributed by atoms with Gasteiger partial charge in [0.15, 0.2) is 0 Å². The number of thiazole rings is 1. The van der Waals surface area contributed by atoms with Gasteiger partial charge in [-0.05, 0) is 39.3 Å². The van der Waals surface area contributed by atoms with Crippen molar-refractivity contribution in [2.75, 3.05) is 13.1 Å². The Balaban J connectivity index is 1.95. The Bertz CT molecular complexity index is 322. The molecular formula is C12H21N3S. The minimum absolute atomic E-state index is 0.696. The summed E-state index contributed by atoms with van der Waals surface area (Å²) in [5.41, 5.74) is 5.68. The molecule has 1 saturated heterocycles. The summed E-state index contributed by atoms with van der Waals surface area (Å²) in [7, 11) is 0. The first-order valence-corrected chi connectivity index (χ1v) is 6.96. The van der Waals surface area contributed by atoms with Crippen LogP contribution in [-0.2, 0) is 6.54 Å². The Hall–Kier alpha value is -0.450. The van der Waals surface area contributed by atoms with E-state index in [2.05, 4.69) is 16.8 Å². The van der Waals surface area contributed by atoms with Crippen molar-refractivity contribution in [2.45, 2.75) is 45.2 Å². The molecule has 0 spiro atoms. The Morgan fingerprint density at radius 3 is 3.12 bits per heavy atom. The molecule has 2 heterocycles. The fourth-order valence-corrected chi connectivity index (χ4v) is 3.29. The molecule has 16 heavy (non-hydrogen) atoms. The molecular weight excluding hydrogens is 218 g/mol. The molecule has 2 rings (SSSR count). The maximum atomic E-state index is 5.68. The van der Waals surface area contributed by atoms with Crippen molar-refractivity contribution >= 4 is 11.3 Å². The monoisotopic (exact) mass is 239 g/mol. The van der Waals surface area contributed by atoms with Crippen molar-refractivity contribution in [1.29, 1.82) is 0 Å². The van der Waals surface area contributed by atoms with Crippen molar-refractivity contribution in [3.8, 4) is 0 Å². The van der Waals surface area contributed by atoms with Crippen molar-refractivity contribution in [3.63, 3.8) is 0 Å². The lowest BCUT2D eigenvalue weighted by molar-refractivity contribution is 0.135. The van der Waals surface area contributed by atoms with Gasteiger partial charge >= 0.3 is 0 Å². The van der Waals surface area contributed by atoms with Gasteiger partial charge in [-0.25, -0.2) is 4.98 Å². The van der Waals surface area contributed by atoms with Crippen LogP contribution >= 0.6 is 11.3 Å². The van der Waals surface area contributed by atoms with Gasteiger partial charge in [0.2, 0.25) is 0 Å². The fourth-order valence-electron chi connectivity index (χ4n) is 2.47. The minimum atomic E-state index is 0.696. The Morgan fingerprint density at radius 1 is 1.56 bits per heavy atom. The summed E-state index contributed by atoms with van der Waals surface area (Å²) in [6.45, 7) is 5.17. The number of nitrogens with zero attached hydrogens (tertiary/aromatic N) is 2. The van der Waals surface area contributed by atoms with Crippen LogP contribution in [-0.4, -0.2) is 29.0 Å². The van der Waals surface area contributed by atoms with Gasteiger partial charge in [-0.1, -0.05) is 6.42 Å². The van der Waals surface area contributed by atoms with E-state index in [-0.39, 0.29) is 0 Å². The summed E-state index contributed by atoms with van der Waals surface area (Å²) in [6, 6.07) is 0.696. The van der Waals surface area contributed by atoms with Crippen molar-refractivity contribution in [1.82, 2.24) is 9.88 Å². The zero-order valence-corrected chi connectivity index (χ0v) is 10.8. The summed E-state index contributed by atoms with van der Waals surface area (Å²) in [6.07, 6.45) is 7.17. The number of rotatable bonds is 4. The van der Waals surface area contributed by atoms with Gasteiger partial charge in [-0.15, -0.1) is 11.3 Å². The van der Waals surface area contributed by atoms with E-state index in [1.54, 1.807) is 0 Å². The van der Waals surface area contributed by atoms with Crippen LogP contribution in [0.5, 0.6) is 0 Å². The number of hydrogen-bond donors (Lipinski definition) is 1. The van der Waals surface area contributed by atoms with Crippen LogP contribution in [0.25, 0.3) is 0 Å². The topological polar surface area (TPSA) is 42.2 Å². The SMILES string of the molecule is Cc1ncc(CN2CCCCC2CCN)s1. The zero-order valence-electron chi connectivity index (χ0n) is 9.98. The van der Waals surface area contributed by atoms with Crippen LogP contribution in [0.4, 0.5) is 0 Å². The van der Waals surface area contributed by atoms with Gasteiger partial charge in [-0.3, -0.25) is 4.90 Å². The Morgan fingerprint density at radius 2 is 2.44 bits per heavy atom. The smallest absolute Gasteiger partial charge is 0.0897 e. The lowest BCUT2D eigenvalue weighted by Crippen LogP contribution is -2.39. The molecule has 0 radical (unpaired) electrons. The van der Waals surface area contributed by atoms with Gasteiger partial charge in [0.05, 0.1) is 5.01 Å². The minimum Gasteiger partial charge on any atom is -0.330 e. The second kappa shape index (κ2) is 5.75. The number of hydrogen-bond acceptors (Lipinski definition) is 4. The van der Waals surface area contributed by atoms with Gasteiger partial charge in [-0.2, -0.15) is 0 Å². The van der Waals surface area contributed by atoms with E-state index in [1.807, 2.05) is 17.5 Å². The van der Waals surface area contributed by atoms with E-state index in [0.29, 0.717) is 6.04 Å². The molecule has 1 unspecified atom stereocenters. The molecule has 1 atom stereocenters. The average Bonchev–Trinajstić information content (AvgIpc) is 2.67. The summed E-state index contributed by atoms with van der Waals surface area (Å²) in [5, 5.41) is 1.17. The molecule has 0 bridgehead atoms.